The van der Waals surface area contributed by atoms with Gasteiger partial charge in [-0.1, -0.05) is 31.6 Å². The Bertz CT molecular complexity index is 663. The van der Waals surface area contributed by atoms with Crippen LogP contribution in [-0.2, 0) is 4.74 Å². The summed E-state index contributed by atoms with van der Waals surface area (Å²) in [6.45, 7) is 6.52. The third-order valence-electron chi connectivity index (χ3n) is 4.36. The van der Waals surface area contributed by atoms with E-state index in [-0.39, 0.29) is 6.61 Å². The van der Waals surface area contributed by atoms with E-state index in [0.29, 0.717) is 6.61 Å². The Morgan fingerprint density at radius 1 is 1.42 bits per heavy atom. The number of rotatable bonds is 6. The summed E-state index contributed by atoms with van der Waals surface area (Å²) in [5.74, 6) is 5.87. The van der Waals surface area contributed by atoms with Crippen LogP contribution >= 0.6 is 0 Å². The average Bonchev–Trinajstić information content (AvgIpc) is 2.93. The van der Waals surface area contributed by atoms with Gasteiger partial charge < -0.3 is 19.5 Å². The van der Waals surface area contributed by atoms with Crippen LogP contribution in [-0.4, -0.2) is 54.7 Å². The molecule has 1 saturated heterocycles. The Labute approximate surface area is 157 Å². The van der Waals surface area contributed by atoms with Gasteiger partial charge in [-0.3, -0.25) is 4.79 Å². The fourth-order valence-corrected chi connectivity index (χ4v) is 2.92. The number of hydrogen-bond donors (Lipinski definition) is 1. The van der Waals surface area contributed by atoms with Gasteiger partial charge in [0.15, 0.2) is 5.81 Å². The van der Waals surface area contributed by atoms with E-state index in [4.69, 9.17) is 17.3 Å². The van der Waals surface area contributed by atoms with Gasteiger partial charge >= 0.3 is 0 Å². The molecule has 2 radical (unpaired) electrons. The summed E-state index contributed by atoms with van der Waals surface area (Å²) in [5, 5.41) is 10.4. The Morgan fingerprint density at radius 2 is 2.12 bits per heavy atom. The average molecular weight is 355 g/mol. The quantitative estimate of drug-likeness (QED) is 0.484. The van der Waals surface area contributed by atoms with Crippen LogP contribution in [0, 0.1) is 11.8 Å². The lowest BCUT2D eigenvalue weighted by molar-refractivity contribution is -0.0300. The van der Waals surface area contributed by atoms with Crippen LogP contribution in [0.1, 0.15) is 45.6 Å². The lowest BCUT2D eigenvalue weighted by Crippen LogP contribution is -2.51. The summed E-state index contributed by atoms with van der Waals surface area (Å²) in [6, 6.07) is 6.82. The van der Waals surface area contributed by atoms with Crippen LogP contribution in [0.2, 0.25) is 0 Å². The summed E-state index contributed by atoms with van der Waals surface area (Å²) >= 11 is 0. The Hall–Kier alpha value is -1.97. The third kappa shape index (κ3) is 5.26. The highest BCUT2D eigenvalue weighted by molar-refractivity contribution is 6.57. The minimum absolute atomic E-state index is 0.191. The molecule has 5 nitrogen and oxygen atoms in total. The molecule has 0 bridgehead atoms. The number of carbonyl (C=O) groups is 1. The van der Waals surface area contributed by atoms with E-state index >= 15 is 0 Å². The number of carbonyl (C=O) groups excluding carboxylic acids is 1. The number of ether oxygens (including phenoxy) is 2. The van der Waals surface area contributed by atoms with Gasteiger partial charge in [0.2, 0.25) is 7.85 Å². The second-order valence-corrected chi connectivity index (χ2v) is 6.83. The Morgan fingerprint density at radius 3 is 2.73 bits per heavy atom. The van der Waals surface area contributed by atoms with Crippen molar-refractivity contribution < 1.29 is 19.4 Å². The number of nitrogens with zero attached hydrogens (tertiary/aromatic N) is 1. The van der Waals surface area contributed by atoms with E-state index in [0.717, 1.165) is 30.6 Å². The third-order valence-corrected chi connectivity index (χ3v) is 4.36. The lowest BCUT2D eigenvalue weighted by Gasteiger charge is -2.34. The van der Waals surface area contributed by atoms with Crippen LogP contribution < -0.4 is 4.74 Å². The number of benzene rings is 1. The SMILES string of the molecule is [B]C(=O)N1[C@@H]([C@@H](O)C#Cc2ccc(OCCCCC)cc2)COC1(C)C. The molecule has 138 valence electrons. The highest BCUT2D eigenvalue weighted by atomic mass is 16.5. The summed E-state index contributed by atoms with van der Waals surface area (Å²) in [7, 11) is 5.42. The summed E-state index contributed by atoms with van der Waals surface area (Å²) in [6.07, 6.45) is 2.32. The van der Waals surface area contributed by atoms with Crippen molar-refractivity contribution in [2.45, 2.75) is 57.9 Å². The summed E-state index contributed by atoms with van der Waals surface area (Å²) in [5.41, 5.74) is -0.0932. The second-order valence-electron chi connectivity index (χ2n) is 6.83. The van der Waals surface area contributed by atoms with E-state index < -0.39 is 23.7 Å². The van der Waals surface area contributed by atoms with Crippen molar-refractivity contribution in [2.75, 3.05) is 13.2 Å². The van der Waals surface area contributed by atoms with Crippen molar-refractivity contribution in [3.63, 3.8) is 0 Å². The van der Waals surface area contributed by atoms with E-state index in [1.165, 1.54) is 4.90 Å². The molecule has 1 aliphatic rings. The van der Waals surface area contributed by atoms with Gasteiger partial charge in [0.25, 0.3) is 0 Å². The van der Waals surface area contributed by atoms with Gasteiger partial charge in [0, 0.05) is 5.56 Å². The van der Waals surface area contributed by atoms with Gasteiger partial charge in [-0.05, 0) is 44.5 Å². The van der Waals surface area contributed by atoms with Crippen LogP contribution in [0.25, 0.3) is 0 Å². The molecule has 0 saturated carbocycles. The molecule has 0 spiro atoms. The predicted octanol–water partition coefficient (Wildman–Crippen LogP) is 2.69. The van der Waals surface area contributed by atoms with E-state index in [1.54, 1.807) is 13.8 Å². The molecule has 0 aliphatic carbocycles. The van der Waals surface area contributed by atoms with Crippen LogP contribution in [0.4, 0.5) is 4.79 Å². The zero-order valence-corrected chi connectivity index (χ0v) is 15.7. The van der Waals surface area contributed by atoms with Gasteiger partial charge in [-0.15, -0.1) is 0 Å². The van der Waals surface area contributed by atoms with E-state index in [2.05, 4.69) is 18.8 Å². The first-order valence-corrected chi connectivity index (χ1v) is 9.00. The highest BCUT2D eigenvalue weighted by Crippen LogP contribution is 2.28. The van der Waals surface area contributed by atoms with E-state index in [9.17, 15) is 9.90 Å². The molecule has 26 heavy (non-hydrogen) atoms. The standard InChI is InChI=1S/C20H26BNO4/c1-4-5-6-13-25-16-10-7-15(8-11-16)9-12-18(23)17-14-26-20(2,3)22(17)19(21)24/h7-8,10-11,17-18,23H,4-6,13-14H2,1-3H3/t17-,18+/m1/s1. The maximum Gasteiger partial charge on any atom is 0.200 e. The Kier molecular flexibility index (Phi) is 7.13. The van der Waals surface area contributed by atoms with Crippen molar-refractivity contribution >= 4 is 13.7 Å². The van der Waals surface area contributed by atoms with Crippen molar-refractivity contribution in [3.8, 4) is 17.6 Å². The van der Waals surface area contributed by atoms with Gasteiger partial charge in [-0.25, -0.2) is 0 Å². The molecule has 1 aromatic rings. The van der Waals surface area contributed by atoms with Crippen LogP contribution in [0.3, 0.4) is 0 Å². The molecule has 1 aromatic carbocycles. The van der Waals surface area contributed by atoms with Crippen molar-refractivity contribution in [1.82, 2.24) is 4.90 Å². The molecule has 1 amide bonds. The van der Waals surface area contributed by atoms with Gasteiger partial charge in [0.05, 0.1) is 19.3 Å². The number of aliphatic hydroxyl groups is 1. The van der Waals surface area contributed by atoms with Crippen molar-refractivity contribution in [1.29, 1.82) is 0 Å². The molecule has 6 heteroatoms. The molecule has 1 fully saturated rings. The fourth-order valence-electron chi connectivity index (χ4n) is 2.92. The molecule has 0 unspecified atom stereocenters. The zero-order valence-electron chi connectivity index (χ0n) is 15.7. The molecule has 1 N–H and O–H groups in total. The molecule has 1 heterocycles. The number of amides is 1. The maximum atomic E-state index is 11.7. The largest absolute Gasteiger partial charge is 0.494 e. The number of hydrogen-bond acceptors (Lipinski definition) is 4. The molecular weight excluding hydrogens is 329 g/mol. The number of aliphatic hydroxyl groups excluding tert-OH is 1. The first-order valence-electron chi connectivity index (χ1n) is 9.00. The zero-order chi connectivity index (χ0) is 19.2. The highest BCUT2D eigenvalue weighted by Gasteiger charge is 2.44. The first-order chi connectivity index (χ1) is 12.3. The molecule has 2 rings (SSSR count). The molecule has 0 aromatic heterocycles. The van der Waals surface area contributed by atoms with Gasteiger partial charge in [0.1, 0.15) is 17.6 Å². The summed E-state index contributed by atoms with van der Waals surface area (Å²) < 4.78 is 11.2. The Balaban J connectivity index is 1.97. The van der Waals surface area contributed by atoms with Crippen LogP contribution in [0.5, 0.6) is 5.75 Å². The van der Waals surface area contributed by atoms with Crippen molar-refractivity contribution in [3.05, 3.63) is 29.8 Å². The monoisotopic (exact) mass is 355 g/mol. The smallest absolute Gasteiger partial charge is 0.200 e. The topological polar surface area (TPSA) is 59.0 Å². The minimum Gasteiger partial charge on any atom is -0.494 e. The predicted molar refractivity (Wildman–Crippen MR) is 101 cm³/mol. The fraction of sp³-hybridized carbons (Fsp3) is 0.550. The van der Waals surface area contributed by atoms with E-state index in [1.807, 2.05) is 24.3 Å². The second kappa shape index (κ2) is 9.11. The number of unbranched alkanes of at least 4 members (excludes halogenated alkanes) is 2. The molecular formula is C20H26BNO4. The summed E-state index contributed by atoms with van der Waals surface area (Å²) in [4.78, 5) is 13.0. The normalized spacial score (nSPS) is 19.5. The molecule has 2 atom stereocenters. The first kappa shape index (κ1) is 20.3. The lowest BCUT2D eigenvalue weighted by atomic mass is 10.0. The molecule has 1 aliphatic heterocycles. The minimum atomic E-state index is -1.05. The van der Waals surface area contributed by atoms with Crippen LogP contribution in [0.15, 0.2) is 24.3 Å². The van der Waals surface area contributed by atoms with Gasteiger partial charge in [-0.2, -0.15) is 0 Å². The maximum absolute atomic E-state index is 11.7. The van der Waals surface area contributed by atoms with Crippen molar-refractivity contribution in [2.24, 2.45) is 0 Å².